The van der Waals surface area contributed by atoms with Crippen LogP contribution in [-0.2, 0) is 4.79 Å². The van der Waals surface area contributed by atoms with Crippen LogP contribution in [0.1, 0.15) is 67.0 Å². The lowest BCUT2D eigenvalue weighted by Gasteiger charge is -2.32. The lowest BCUT2D eigenvalue weighted by molar-refractivity contribution is -0.133. The van der Waals surface area contributed by atoms with Crippen molar-refractivity contribution >= 4 is 11.8 Å². The van der Waals surface area contributed by atoms with Crippen LogP contribution in [0.5, 0.6) is 0 Å². The Morgan fingerprint density at radius 3 is 2.48 bits per heavy atom. The molecular weight excluding hydrogens is 361 g/mol. The molecule has 0 aromatic carbocycles. The van der Waals surface area contributed by atoms with Crippen molar-refractivity contribution in [2.24, 2.45) is 5.92 Å². The van der Waals surface area contributed by atoms with Gasteiger partial charge in [-0.1, -0.05) is 12.8 Å². The Labute approximate surface area is 155 Å². The number of carbonyl (C=O) groups excluding carboxylic acids is 2. The van der Waals surface area contributed by atoms with Gasteiger partial charge in [0, 0.05) is 31.1 Å². The van der Waals surface area contributed by atoms with Gasteiger partial charge in [0.15, 0.2) is 0 Å². The van der Waals surface area contributed by atoms with E-state index in [0.717, 1.165) is 31.4 Å². The molecule has 3 rings (SSSR count). The van der Waals surface area contributed by atoms with E-state index in [9.17, 15) is 22.8 Å². The Balaban J connectivity index is 1.47. The molecule has 0 bridgehead atoms. The van der Waals surface area contributed by atoms with Crippen LogP contribution in [0.2, 0.25) is 0 Å². The van der Waals surface area contributed by atoms with Crippen molar-refractivity contribution < 1.29 is 22.8 Å². The zero-order chi connectivity index (χ0) is 19.4. The monoisotopic (exact) mass is 386 g/mol. The van der Waals surface area contributed by atoms with Crippen LogP contribution in [0.3, 0.4) is 0 Å². The van der Waals surface area contributed by atoms with E-state index in [4.69, 9.17) is 0 Å². The number of alkyl halides is 3. The Hall–Kier alpha value is -2.06. The summed E-state index contributed by atoms with van der Waals surface area (Å²) in [6.07, 6.45) is 2.43. The molecule has 1 aromatic heterocycles. The molecule has 0 radical (unpaired) electrons. The molecule has 1 saturated heterocycles. The molecule has 150 valence electrons. The highest BCUT2D eigenvalue weighted by molar-refractivity contribution is 5.92. The summed E-state index contributed by atoms with van der Waals surface area (Å²) in [7, 11) is 0. The molecule has 6 nitrogen and oxygen atoms in total. The molecule has 0 spiro atoms. The van der Waals surface area contributed by atoms with Gasteiger partial charge in [-0.2, -0.15) is 18.3 Å². The van der Waals surface area contributed by atoms with Crippen molar-refractivity contribution in [3.63, 3.8) is 0 Å². The summed E-state index contributed by atoms with van der Waals surface area (Å²) < 4.78 is 36.5. The number of carbonyl (C=O) groups is 2. The molecule has 2 heterocycles. The number of hydrogen-bond donors (Lipinski definition) is 2. The summed E-state index contributed by atoms with van der Waals surface area (Å²) in [4.78, 5) is 26.1. The fourth-order valence-electron chi connectivity index (χ4n) is 3.96. The number of H-pyrrole nitrogens is 1. The summed E-state index contributed by atoms with van der Waals surface area (Å²) in [5.41, 5.74) is 0.684. The van der Waals surface area contributed by atoms with Crippen LogP contribution in [0.4, 0.5) is 13.2 Å². The summed E-state index contributed by atoms with van der Waals surface area (Å²) in [6.45, 7) is -0.0643. The van der Waals surface area contributed by atoms with E-state index in [1.807, 2.05) is 10.2 Å². The normalized spacial score (nSPS) is 19.4. The lowest BCUT2D eigenvalue weighted by atomic mass is 9.92. The SMILES string of the molecule is O=C(NCC(F)(F)F)c1cc(C2CCN(C(=O)CC3CCCC3)CC2)[nH]n1. The first-order valence-electron chi connectivity index (χ1n) is 9.50. The van der Waals surface area contributed by atoms with Gasteiger partial charge in [0.1, 0.15) is 12.2 Å². The van der Waals surface area contributed by atoms with Crippen LogP contribution in [0.25, 0.3) is 0 Å². The van der Waals surface area contributed by atoms with E-state index in [0.29, 0.717) is 25.4 Å². The third-order valence-corrected chi connectivity index (χ3v) is 5.51. The van der Waals surface area contributed by atoms with Crippen LogP contribution in [-0.4, -0.2) is 52.7 Å². The number of likely N-dealkylation sites (tertiary alicyclic amines) is 1. The topological polar surface area (TPSA) is 78.1 Å². The number of nitrogens with one attached hydrogen (secondary N) is 2. The van der Waals surface area contributed by atoms with E-state index >= 15 is 0 Å². The average Bonchev–Trinajstić information content (AvgIpc) is 3.31. The maximum Gasteiger partial charge on any atom is 0.405 e. The standard InChI is InChI=1S/C18H25F3N4O2/c19-18(20,21)11-22-17(27)15-10-14(23-24-15)13-5-7-25(8-6-13)16(26)9-12-3-1-2-4-12/h10,12-13H,1-9,11H2,(H,22,27)(H,23,24). The molecule has 2 amide bonds. The van der Waals surface area contributed by atoms with Gasteiger partial charge in [-0.15, -0.1) is 0 Å². The van der Waals surface area contributed by atoms with Gasteiger partial charge in [0.2, 0.25) is 5.91 Å². The first-order chi connectivity index (χ1) is 12.8. The average molecular weight is 386 g/mol. The fourth-order valence-corrected chi connectivity index (χ4v) is 3.96. The van der Waals surface area contributed by atoms with E-state index in [1.165, 1.54) is 18.9 Å². The van der Waals surface area contributed by atoms with E-state index in [1.54, 1.807) is 0 Å². The minimum atomic E-state index is -4.45. The van der Waals surface area contributed by atoms with Crippen LogP contribution in [0, 0.1) is 5.92 Å². The molecule has 9 heteroatoms. The molecule has 1 aromatic rings. The first kappa shape index (κ1) is 19.7. The second-order valence-corrected chi connectivity index (χ2v) is 7.52. The number of rotatable bonds is 5. The zero-order valence-electron chi connectivity index (χ0n) is 15.1. The predicted molar refractivity (Wildman–Crippen MR) is 92.1 cm³/mol. The number of nitrogens with zero attached hydrogens (tertiary/aromatic N) is 2. The van der Waals surface area contributed by atoms with Gasteiger partial charge >= 0.3 is 6.18 Å². The highest BCUT2D eigenvalue weighted by Gasteiger charge is 2.30. The molecule has 2 aliphatic rings. The second-order valence-electron chi connectivity index (χ2n) is 7.52. The molecule has 2 fully saturated rings. The molecular formula is C18H25F3N4O2. The largest absolute Gasteiger partial charge is 0.405 e. The third-order valence-electron chi connectivity index (χ3n) is 5.51. The highest BCUT2D eigenvalue weighted by Crippen LogP contribution is 2.31. The molecule has 0 atom stereocenters. The van der Waals surface area contributed by atoms with Crippen molar-refractivity contribution in [3.05, 3.63) is 17.5 Å². The van der Waals surface area contributed by atoms with Crippen molar-refractivity contribution in [2.45, 2.75) is 57.0 Å². The van der Waals surface area contributed by atoms with Gasteiger partial charge in [-0.3, -0.25) is 14.7 Å². The van der Waals surface area contributed by atoms with Gasteiger partial charge in [0.05, 0.1) is 0 Å². The van der Waals surface area contributed by atoms with Crippen LogP contribution >= 0.6 is 0 Å². The van der Waals surface area contributed by atoms with E-state index in [-0.39, 0.29) is 17.5 Å². The Bertz CT molecular complexity index is 660. The molecule has 1 aliphatic carbocycles. The maximum atomic E-state index is 12.4. The molecule has 1 saturated carbocycles. The number of halogens is 3. The minimum Gasteiger partial charge on any atom is -0.343 e. The smallest absolute Gasteiger partial charge is 0.343 e. The predicted octanol–water partition coefficient (Wildman–Crippen LogP) is 2.99. The second kappa shape index (κ2) is 8.31. The lowest BCUT2D eigenvalue weighted by Crippen LogP contribution is -2.38. The van der Waals surface area contributed by atoms with Gasteiger partial charge in [-0.05, 0) is 37.7 Å². The van der Waals surface area contributed by atoms with E-state index < -0.39 is 18.6 Å². The fraction of sp³-hybridized carbons (Fsp3) is 0.722. The molecule has 2 N–H and O–H groups in total. The number of aromatic amines is 1. The van der Waals surface area contributed by atoms with Gasteiger partial charge < -0.3 is 10.2 Å². The number of hydrogen-bond acceptors (Lipinski definition) is 3. The van der Waals surface area contributed by atoms with E-state index in [2.05, 4.69) is 10.2 Å². The maximum absolute atomic E-state index is 12.4. The van der Waals surface area contributed by atoms with Gasteiger partial charge in [0.25, 0.3) is 5.91 Å². The van der Waals surface area contributed by atoms with Gasteiger partial charge in [-0.25, -0.2) is 0 Å². The zero-order valence-corrected chi connectivity index (χ0v) is 15.1. The summed E-state index contributed by atoms with van der Waals surface area (Å²) in [5, 5.41) is 8.40. The Morgan fingerprint density at radius 1 is 1.19 bits per heavy atom. The third kappa shape index (κ3) is 5.46. The Kier molecular flexibility index (Phi) is 6.06. The summed E-state index contributed by atoms with van der Waals surface area (Å²) >= 11 is 0. The molecule has 27 heavy (non-hydrogen) atoms. The quantitative estimate of drug-likeness (QED) is 0.817. The summed E-state index contributed by atoms with van der Waals surface area (Å²) in [5.74, 6) is 0.0222. The molecule has 0 unspecified atom stereocenters. The van der Waals surface area contributed by atoms with Crippen LogP contribution in [0.15, 0.2) is 6.07 Å². The van der Waals surface area contributed by atoms with Crippen molar-refractivity contribution in [1.82, 2.24) is 20.4 Å². The molecule has 1 aliphatic heterocycles. The number of piperidine rings is 1. The number of amides is 2. The van der Waals surface area contributed by atoms with Crippen molar-refractivity contribution in [2.75, 3.05) is 19.6 Å². The summed E-state index contributed by atoms with van der Waals surface area (Å²) in [6, 6.07) is 1.51. The first-order valence-corrected chi connectivity index (χ1v) is 9.50. The Morgan fingerprint density at radius 2 is 1.85 bits per heavy atom. The van der Waals surface area contributed by atoms with Crippen molar-refractivity contribution in [1.29, 1.82) is 0 Å². The van der Waals surface area contributed by atoms with Crippen molar-refractivity contribution in [3.8, 4) is 0 Å². The van der Waals surface area contributed by atoms with Crippen LogP contribution < -0.4 is 5.32 Å². The minimum absolute atomic E-state index is 0.0472. The number of aromatic nitrogens is 2. The highest BCUT2D eigenvalue weighted by atomic mass is 19.4.